The summed E-state index contributed by atoms with van der Waals surface area (Å²) < 4.78 is 36.5. The van der Waals surface area contributed by atoms with E-state index < -0.39 is 21.9 Å². The molecule has 2 aromatic carbocycles. The number of carboxylic acid groups (broad SMARTS) is 1. The highest BCUT2D eigenvalue weighted by Crippen LogP contribution is 2.36. The quantitative estimate of drug-likeness (QED) is 0.474. The molecular formula is C19H21BrN2O7S. The minimum absolute atomic E-state index is 0.108. The Hall–Kier alpha value is -2.63. The maximum absolute atomic E-state index is 12.7. The van der Waals surface area contributed by atoms with Gasteiger partial charge in [-0.1, -0.05) is 0 Å². The van der Waals surface area contributed by atoms with Crippen LogP contribution >= 0.6 is 15.9 Å². The first-order valence-corrected chi connectivity index (χ1v) is 11.0. The number of nitrogens with one attached hydrogen (secondary N) is 2. The Morgan fingerprint density at radius 3 is 2.37 bits per heavy atom. The molecule has 2 rings (SSSR count). The van der Waals surface area contributed by atoms with Crippen molar-refractivity contribution in [1.82, 2.24) is 10.3 Å². The van der Waals surface area contributed by atoms with E-state index in [0.29, 0.717) is 33.7 Å². The van der Waals surface area contributed by atoms with E-state index in [1.54, 1.807) is 20.8 Å². The van der Waals surface area contributed by atoms with Gasteiger partial charge in [0.1, 0.15) is 0 Å². The normalized spacial score (nSPS) is 11.1. The number of methoxy groups -OCH3 is 1. The second-order valence-corrected chi connectivity index (χ2v) is 8.71. The summed E-state index contributed by atoms with van der Waals surface area (Å²) in [5, 5.41) is 9.18. The number of sulfonamides is 1. The van der Waals surface area contributed by atoms with Gasteiger partial charge in [-0.15, -0.1) is 4.83 Å². The van der Waals surface area contributed by atoms with Crippen molar-refractivity contribution in [3.63, 3.8) is 0 Å². The Morgan fingerprint density at radius 2 is 1.80 bits per heavy atom. The lowest BCUT2D eigenvalue weighted by Crippen LogP contribution is -2.41. The first-order chi connectivity index (χ1) is 14.0. The number of aromatic carboxylic acids is 1. The number of carboxylic acids is 1. The predicted octanol–water partition coefficient (Wildman–Crippen LogP) is 2.79. The van der Waals surface area contributed by atoms with Gasteiger partial charge in [0.25, 0.3) is 15.9 Å². The third-order valence-corrected chi connectivity index (χ3v) is 6.20. The van der Waals surface area contributed by atoms with Crippen LogP contribution in [0.2, 0.25) is 0 Å². The second kappa shape index (κ2) is 9.45. The zero-order chi connectivity index (χ0) is 22.6. The maximum atomic E-state index is 12.7. The maximum Gasteiger partial charge on any atom is 0.335 e. The fourth-order valence-corrected chi connectivity index (χ4v) is 4.35. The number of amides is 1. The number of hydrazine groups is 1. The highest BCUT2D eigenvalue weighted by atomic mass is 79.9. The van der Waals surface area contributed by atoms with Gasteiger partial charge in [0.2, 0.25) is 0 Å². The van der Waals surface area contributed by atoms with Crippen molar-refractivity contribution in [2.75, 3.05) is 13.7 Å². The highest BCUT2D eigenvalue weighted by Gasteiger charge is 2.22. The topological polar surface area (TPSA) is 131 Å². The SMILES string of the molecule is CCOc1c(Br)cc(C(=O)NNS(=O)(=O)c2cc(C(=O)O)cc(C)c2C)cc1OC. The summed E-state index contributed by atoms with van der Waals surface area (Å²) in [6.07, 6.45) is 0. The van der Waals surface area contributed by atoms with Gasteiger partial charge in [-0.05, 0) is 72.1 Å². The van der Waals surface area contributed by atoms with E-state index in [0.717, 1.165) is 6.07 Å². The van der Waals surface area contributed by atoms with Crippen LogP contribution in [-0.2, 0) is 10.0 Å². The fourth-order valence-electron chi connectivity index (χ4n) is 2.61. The van der Waals surface area contributed by atoms with E-state index in [1.807, 2.05) is 4.83 Å². The standard InChI is InChI=1S/C19H21BrN2O7S/c1-5-29-17-14(20)7-12(8-15(17)28-4)18(23)21-22-30(26,27)16-9-13(19(24)25)6-10(2)11(16)3/h6-9,22H,5H2,1-4H3,(H,21,23)(H,24,25). The highest BCUT2D eigenvalue weighted by molar-refractivity contribution is 9.10. The number of carbonyl (C=O) groups excluding carboxylic acids is 1. The van der Waals surface area contributed by atoms with Crippen molar-refractivity contribution >= 4 is 37.8 Å². The lowest BCUT2D eigenvalue weighted by atomic mass is 10.1. The average Bonchev–Trinajstić information content (AvgIpc) is 2.69. The second-order valence-electron chi connectivity index (χ2n) is 6.20. The van der Waals surface area contributed by atoms with Crippen LogP contribution in [0.25, 0.3) is 0 Å². The Bertz CT molecular complexity index is 1100. The van der Waals surface area contributed by atoms with Gasteiger partial charge < -0.3 is 14.6 Å². The van der Waals surface area contributed by atoms with Crippen LogP contribution in [0.3, 0.4) is 0 Å². The summed E-state index contributed by atoms with van der Waals surface area (Å²) in [4.78, 5) is 25.5. The molecule has 1 amide bonds. The summed E-state index contributed by atoms with van der Waals surface area (Å²) in [7, 11) is -2.82. The molecule has 0 saturated heterocycles. The zero-order valence-electron chi connectivity index (χ0n) is 16.7. The van der Waals surface area contributed by atoms with Gasteiger partial charge in [-0.2, -0.15) is 0 Å². The van der Waals surface area contributed by atoms with Gasteiger partial charge in [-0.25, -0.2) is 13.2 Å². The van der Waals surface area contributed by atoms with Crippen molar-refractivity contribution in [2.45, 2.75) is 25.7 Å². The molecule has 0 radical (unpaired) electrons. The molecule has 0 spiro atoms. The summed E-state index contributed by atoms with van der Waals surface area (Å²) >= 11 is 3.30. The van der Waals surface area contributed by atoms with Crippen LogP contribution in [0.15, 0.2) is 33.6 Å². The van der Waals surface area contributed by atoms with Crippen molar-refractivity contribution in [2.24, 2.45) is 0 Å². The number of carbonyl (C=O) groups is 2. The number of benzene rings is 2. The molecule has 0 bridgehead atoms. The summed E-state index contributed by atoms with van der Waals surface area (Å²) in [6, 6.07) is 5.27. The van der Waals surface area contributed by atoms with Crippen LogP contribution in [-0.4, -0.2) is 39.1 Å². The predicted molar refractivity (Wildman–Crippen MR) is 113 cm³/mol. The first-order valence-electron chi connectivity index (χ1n) is 8.68. The van der Waals surface area contributed by atoms with Crippen LogP contribution in [0.5, 0.6) is 11.5 Å². The third-order valence-electron chi connectivity index (χ3n) is 4.24. The minimum Gasteiger partial charge on any atom is -0.493 e. The lowest BCUT2D eigenvalue weighted by molar-refractivity contribution is 0.0696. The van der Waals surface area contributed by atoms with E-state index in [-0.39, 0.29) is 16.0 Å². The van der Waals surface area contributed by atoms with Gasteiger partial charge >= 0.3 is 5.97 Å². The minimum atomic E-state index is -4.23. The zero-order valence-corrected chi connectivity index (χ0v) is 19.1. The molecule has 0 atom stereocenters. The van der Waals surface area contributed by atoms with E-state index in [1.165, 1.54) is 25.3 Å². The van der Waals surface area contributed by atoms with Gasteiger partial charge in [0.05, 0.1) is 28.6 Å². The van der Waals surface area contributed by atoms with Crippen LogP contribution < -0.4 is 19.7 Å². The molecular weight excluding hydrogens is 480 g/mol. The Kier molecular flexibility index (Phi) is 7.45. The third kappa shape index (κ3) is 5.10. The van der Waals surface area contributed by atoms with Crippen molar-refractivity contribution in [3.05, 3.63) is 51.0 Å². The Labute approximate surface area is 182 Å². The Morgan fingerprint density at radius 1 is 1.13 bits per heavy atom. The summed E-state index contributed by atoms with van der Waals surface area (Å²) in [5.74, 6) is -1.30. The van der Waals surface area contributed by atoms with E-state index in [4.69, 9.17) is 9.47 Å². The largest absolute Gasteiger partial charge is 0.493 e. The van der Waals surface area contributed by atoms with Gasteiger partial charge in [-0.3, -0.25) is 10.2 Å². The van der Waals surface area contributed by atoms with E-state index in [2.05, 4.69) is 21.4 Å². The molecule has 162 valence electrons. The van der Waals surface area contributed by atoms with E-state index >= 15 is 0 Å². The first kappa shape index (κ1) is 23.6. The van der Waals surface area contributed by atoms with Gasteiger partial charge in [0.15, 0.2) is 11.5 Å². The van der Waals surface area contributed by atoms with Crippen LogP contribution in [0.4, 0.5) is 0 Å². The molecule has 11 heteroatoms. The summed E-state index contributed by atoms with van der Waals surface area (Å²) in [5.41, 5.74) is 2.91. The van der Waals surface area contributed by atoms with Crippen molar-refractivity contribution < 1.29 is 32.6 Å². The van der Waals surface area contributed by atoms with Crippen LogP contribution in [0, 0.1) is 13.8 Å². The number of halogens is 1. The molecule has 0 saturated carbocycles. The monoisotopic (exact) mass is 500 g/mol. The molecule has 0 unspecified atom stereocenters. The number of ether oxygens (including phenoxy) is 2. The molecule has 30 heavy (non-hydrogen) atoms. The molecule has 9 nitrogen and oxygen atoms in total. The molecule has 0 aliphatic rings. The fraction of sp³-hybridized carbons (Fsp3) is 0.263. The van der Waals surface area contributed by atoms with Gasteiger partial charge in [0, 0.05) is 5.56 Å². The van der Waals surface area contributed by atoms with Crippen LogP contribution in [0.1, 0.15) is 38.8 Å². The average molecular weight is 501 g/mol. The molecule has 0 aliphatic heterocycles. The molecule has 0 heterocycles. The number of hydrogen-bond acceptors (Lipinski definition) is 6. The number of hydrogen-bond donors (Lipinski definition) is 3. The van der Waals surface area contributed by atoms with Crippen molar-refractivity contribution in [3.8, 4) is 11.5 Å². The lowest BCUT2D eigenvalue weighted by Gasteiger charge is -2.15. The molecule has 0 fully saturated rings. The number of aryl methyl sites for hydroxylation is 1. The Balaban J connectivity index is 2.30. The molecule has 3 N–H and O–H groups in total. The molecule has 0 aromatic heterocycles. The van der Waals surface area contributed by atoms with E-state index in [9.17, 15) is 23.1 Å². The molecule has 2 aromatic rings. The van der Waals surface area contributed by atoms with Crippen molar-refractivity contribution in [1.29, 1.82) is 0 Å². The number of rotatable bonds is 8. The smallest absolute Gasteiger partial charge is 0.335 e. The molecule has 0 aliphatic carbocycles. The summed E-state index contributed by atoms with van der Waals surface area (Å²) in [6.45, 7) is 5.33.